The normalized spacial score (nSPS) is 23.6. The fraction of sp³-hybridized carbons (Fsp3) is 0.368. The van der Waals surface area contributed by atoms with Crippen molar-refractivity contribution in [1.29, 1.82) is 0 Å². The van der Waals surface area contributed by atoms with Gasteiger partial charge in [-0.25, -0.2) is 4.98 Å². The van der Waals surface area contributed by atoms with Crippen LogP contribution in [0.1, 0.15) is 35.1 Å². The van der Waals surface area contributed by atoms with E-state index in [1.165, 1.54) is 11.3 Å². The van der Waals surface area contributed by atoms with Crippen LogP contribution in [-0.4, -0.2) is 44.3 Å². The van der Waals surface area contributed by atoms with Gasteiger partial charge in [0.15, 0.2) is 0 Å². The zero-order valence-corrected chi connectivity index (χ0v) is 17.2. The number of benzene rings is 1. The second-order valence-corrected chi connectivity index (χ2v) is 9.51. The Morgan fingerprint density at radius 3 is 2.75 bits per heavy atom. The van der Waals surface area contributed by atoms with Crippen molar-refractivity contribution in [2.75, 3.05) is 5.75 Å². The number of thioether (sulfide) groups is 1. The van der Waals surface area contributed by atoms with Crippen LogP contribution in [0.2, 0.25) is 0 Å². The minimum atomic E-state index is -0.562. The van der Waals surface area contributed by atoms with Gasteiger partial charge in [0.2, 0.25) is 5.91 Å². The van der Waals surface area contributed by atoms with E-state index in [9.17, 15) is 14.4 Å². The molecule has 3 amide bonds. The maximum absolute atomic E-state index is 12.6. The van der Waals surface area contributed by atoms with E-state index in [4.69, 9.17) is 0 Å². The van der Waals surface area contributed by atoms with E-state index in [2.05, 4.69) is 15.8 Å². The quantitative estimate of drug-likeness (QED) is 0.750. The van der Waals surface area contributed by atoms with E-state index >= 15 is 0 Å². The van der Waals surface area contributed by atoms with Gasteiger partial charge in [0.1, 0.15) is 15.9 Å². The Balaban J connectivity index is 1.42. The number of hydrogen-bond donors (Lipinski definition) is 2. The third kappa shape index (κ3) is 3.29. The van der Waals surface area contributed by atoms with E-state index in [1.54, 1.807) is 23.6 Å². The maximum atomic E-state index is 12.6. The number of carbonyl (C=O) groups excluding carboxylic acids is 3. The first-order valence-electron chi connectivity index (χ1n) is 8.98. The van der Waals surface area contributed by atoms with Crippen LogP contribution in [0.25, 0.3) is 10.6 Å². The van der Waals surface area contributed by atoms with E-state index in [0.29, 0.717) is 22.7 Å². The largest absolute Gasteiger partial charge is 0.315 e. The smallest absolute Gasteiger partial charge is 0.281 e. The Labute approximate surface area is 170 Å². The van der Waals surface area contributed by atoms with Crippen molar-refractivity contribution in [3.63, 3.8) is 0 Å². The van der Waals surface area contributed by atoms with Gasteiger partial charge in [-0.05, 0) is 20.3 Å². The summed E-state index contributed by atoms with van der Waals surface area (Å²) in [6, 6.07) is 9.06. The summed E-state index contributed by atoms with van der Waals surface area (Å²) in [7, 11) is 0. The van der Waals surface area contributed by atoms with Gasteiger partial charge in [-0.3, -0.25) is 25.2 Å². The van der Waals surface area contributed by atoms with Crippen molar-refractivity contribution in [3.8, 4) is 10.6 Å². The highest BCUT2D eigenvalue weighted by molar-refractivity contribution is 8.01. The average molecular weight is 417 g/mol. The molecule has 1 aromatic carbocycles. The summed E-state index contributed by atoms with van der Waals surface area (Å²) in [4.78, 5) is 43.5. The predicted molar refractivity (Wildman–Crippen MR) is 109 cm³/mol. The molecule has 2 aliphatic rings. The highest BCUT2D eigenvalue weighted by atomic mass is 32.2. The molecule has 2 N–H and O–H groups in total. The Kier molecular flexibility index (Phi) is 4.88. The lowest BCUT2D eigenvalue weighted by atomic mass is 10.2. The molecule has 7 nitrogen and oxygen atoms in total. The molecular weight excluding hydrogens is 396 g/mol. The number of nitrogens with zero attached hydrogens (tertiary/aromatic N) is 2. The van der Waals surface area contributed by atoms with E-state index < -0.39 is 11.9 Å². The van der Waals surface area contributed by atoms with Gasteiger partial charge < -0.3 is 4.90 Å². The number of thiazole rings is 1. The van der Waals surface area contributed by atoms with Crippen molar-refractivity contribution < 1.29 is 14.4 Å². The zero-order valence-electron chi connectivity index (χ0n) is 15.5. The second-order valence-electron chi connectivity index (χ2n) is 7.01. The molecule has 3 heterocycles. The van der Waals surface area contributed by atoms with Gasteiger partial charge in [0, 0.05) is 17.7 Å². The summed E-state index contributed by atoms with van der Waals surface area (Å²) >= 11 is 2.89. The monoisotopic (exact) mass is 416 g/mol. The van der Waals surface area contributed by atoms with Crippen molar-refractivity contribution in [2.45, 2.75) is 37.6 Å². The maximum Gasteiger partial charge on any atom is 0.281 e. The Morgan fingerprint density at radius 1 is 1.25 bits per heavy atom. The summed E-state index contributed by atoms with van der Waals surface area (Å²) in [6.45, 7) is 3.75. The first-order valence-corrected chi connectivity index (χ1v) is 10.8. The molecule has 1 aromatic heterocycles. The van der Waals surface area contributed by atoms with Crippen LogP contribution < -0.4 is 10.9 Å². The van der Waals surface area contributed by atoms with Gasteiger partial charge in [0.25, 0.3) is 11.8 Å². The van der Waals surface area contributed by atoms with Crippen molar-refractivity contribution in [2.24, 2.45) is 0 Å². The molecular formula is C19H20N4O3S2. The molecule has 0 radical (unpaired) electrons. The van der Waals surface area contributed by atoms with Crippen LogP contribution >= 0.6 is 23.1 Å². The Hall–Kier alpha value is -2.39. The lowest BCUT2D eigenvalue weighted by Crippen LogP contribution is -2.54. The third-order valence-corrected chi connectivity index (χ3v) is 7.78. The summed E-state index contributed by atoms with van der Waals surface area (Å²) in [5.41, 5.74) is 6.50. The number of hydrazine groups is 1. The summed E-state index contributed by atoms with van der Waals surface area (Å²) in [6.07, 6.45) is 1.21. The first kappa shape index (κ1) is 18.9. The molecule has 2 aromatic rings. The van der Waals surface area contributed by atoms with Gasteiger partial charge in [-0.1, -0.05) is 30.3 Å². The molecule has 0 spiro atoms. The molecule has 0 saturated carbocycles. The van der Waals surface area contributed by atoms with Crippen LogP contribution in [0.3, 0.4) is 0 Å². The van der Waals surface area contributed by atoms with E-state index in [-0.39, 0.29) is 16.7 Å². The highest BCUT2D eigenvalue weighted by Gasteiger charge is 2.52. The van der Waals surface area contributed by atoms with Crippen molar-refractivity contribution in [3.05, 3.63) is 40.9 Å². The fourth-order valence-corrected chi connectivity index (χ4v) is 5.98. The summed E-state index contributed by atoms with van der Waals surface area (Å²) < 4.78 is 0. The molecule has 146 valence electrons. The lowest BCUT2D eigenvalue weighted by molar-refractivity contribution is -0.138. The topological polar surface area (TPSA) is 91.4 Å². The Morgan fingerprint density at radius 2 is 2.00 bits per heavy atom. The molecule has 2 saturated heterocycles. The van der Waals surface area contributed by atoms with Gasteiger partial charge >= 0.3 is 0 Å². The number of amides is 3. The SMILES string of the molecule is Cc1nc(-c2ccccc2)sc1C(=O)NNC(=O)[C@@H]1CS[C@]2(C)CCC(=O)N12. The van der Waals surface area contributed by atoms with Crippen LogP contribution in [-0.2, 0) is 9.59 Å². The van der Waals surface area contributed by atoms with Gasteiger partial charge in [-0.2, -0.15) is 0 Å². The van der Waals surface area contributed by atoms with E-state index in [0.717, 1.165) is 17.0 Å². The number of rotatable bonds is 3. The molecule has 4 rings (SSSR count). The fourth-order valence-electron chi connectivity index (χ4n) is 3.58. The summed E-state index contributed by atoms with van der Waals surface area (Å²) in [5.74, 6) is -0.261. The molecule has 0 bridgehead atoms. The second kappa shape index (κ2) is 7.21. The molecule has 0 unspecified atom stereocenters. The molecule has 9 heteroatoms. The molecule has 2 aliphatic heterocycles. The van der Waals surface area contributed by atoms with Gasteiger partial charge in [-0.15, -0.1) is 23.1 Å². The molecule has 2 atom stereocenters. The zero-order chi connectivity index (χ0) is 19.9. The standard InChI is InChI=1S/C19H20N4O3S2/c1-11-15(28-18(20-11)12-6-4-3-5-7-12)17(26)22-21-16(25)13-10-27-19(2)9-8-14(24)23(13)19/h3-7,13H,8-10H2,1-2H3,(H,21,25)(H,22,26)/t13-,19+/m0/s1. The van der Waals surface area contributed by atoms with Gasteiger partial charge in [0.05, 0.1) is 10.6 Å². The average Bonchev–Trinajstić information content (AvgIpc) is 3.33. The number of fused-ring (bicyclic) bond motifs is 1. The number of hydrogen-bond acceptors (Lipinski definition) is 6. The molecule has 0 aliphatic carbocycles. The first-order chi connectivity index (χ1) is 13.4. The molecule has 28 heavy (non-hydrogen) atoms. The number of carbonyl (C=O) groups is 3. The number of aryl methyl sites for hydroxylation is 1. The van der Waals surface area contributed by atoms with Crippen LogP contribution in [0.15, 0.2) is 30.3 Å². The number of nitrogens with one attached hydrogen (secondary N) is 2. The highest BCUT2D eigenvalue weighted by Crippen LogP contribution is 2.47. The van der Waals surface area contributed by atoms with E-state index in [1.807, 2.05) is 37.3 Å². The number of aromatic nitrogens is 1. The van der Waals surface area contributed by atoms with Crippen molar-refractivity contribution in [1.82, 2.24) is 20.7 Å². The molecule has 2 fully saturated rings. The minimum absolute atomic E-state index is 0.00946. The van der Waals surface area contributed by atoms with Crippen LogP contribution in [0.4, 0.5) is 0 Å². The Bertz CT molecular complexity index is 946. The minimum Gasteiger partial charge on any atom is -0.315 e. The van der Waals surface area contributed by atoms with Crippen molar-refractivity contribution >= 4 is 40.8 Å². The lowest BCUT2D eigenvalue weighted by Gasteiger charge is -2.29. The van der Waals surface area contributed by atoms with Crippen LogP contribution in [0.5, 0.6) is 0 Å². The third-order valence-electron chi connectivity index (χ3n) is 5.07. The van der Waals surface area contributed by atoms with Crippen LogP contribution in [0, 0.1) is 6.92 Å². The predicted octanol–water partition coefficient (Wildman–Crippen LogP) is 2.33. The summed E-state index contributed by atoms with van der Waals surface area (Å²) in [5, 5.41) is 0.750.